The van der Waals surface area contributed by atoms with E-state index < -0.39 is 6.03 Å². The summed E-state index contributed by atoms with van der Waals surface area (Å²) in [5.41, 5.74) is 7.89. The molecule has 3 rings (SSSR count). The summed E-state index contributed by atoms with van der Waals surface area (Å²) in [7, 11) is 0. The number of nitrogens with two attached hydrogens (primary N) is 1. The van der Waals surface area contributed by atoms with Crippen molar-refractivity contribution >= 4 is 16.9 Å². The van der Waals surface area contributed by atoms with Crippen molar-refractivity contribution in [3.8, 4) is 17.0 Å². The smallest absolute Gasteiger partial charge is 0.326 e. The number of amides is 1. The maximum absolute atomic E-state index is 11.4. The van der Waals surface area contributed by atoms with Gasteiger partial charge in [0.15, 0.2) is 5.88 Å². The number of carbonyl (C=O) groups excluding carboxylic acids is 1. The lowest BCUT2D eigenvalue weighted by Crippen LogP contribution is -2.18. The van der Waals surface area contributed by atoms with Crippen LogP contribution in [0.2, 0.25) is 0 Å². The molecule has 0 aliphatic rings. The average molecular weight is 252 g/mol. The molecule has 1 aromatic heterocycles. The van der Waals surface area contributed by atoms with Gasteiger partial charge in [-0.2, -0.15) is 0 Å². The van der Waals surface area contributed by atoms with Crippen LogP contribution < -0.4 is 5.73 Å². The summed E-state index contributed by atoms with van der Waals surface area (Å²) in [5, 5.41) is 10.5. The Morgan fingerprint density at radius 3 is 2.42 bits per heavy atom. The summed E-state index contributed by atoms with van der Waals surface area (Å²) < 4.78 is 1.10. The minimum Gasteiger partial charge on any atom is -0.494 e. The van der Waals surface area contributed by atoms with Crippen molar-refractivity contribution in [3.63, 3.8) is 0 Å². The molecule has 0 aliphatic heterocycles. The first-order valence-electron chi connectivity index (χ1n) is 5.86. The minimum absolute atomic E-state index is 0.146. The lowest BCUT2D eigenvalue weighted by molar-refractivity contribution is 0.248. The number of rotatable bonds is 1. The third kappa shape index (κ3) is 1.83. The zero-order chi connectivity index (χ0) is 13.4. The maximum atomic E-state index is 11.4. The van der Waals surface area contributed by atoms with E-state index in [4.69, 9.17) is 5.73 Å². The van der Waals surface area contributed by atoms with Gasteiger partial charge < -0.3 is 10.8 Å². The van der Waals surface area contributed by atoms with Crippen LogP contribution in [0.4, 0.5) is 4.79 Å². The first-order valence-corrected chi connectivity index (χ1v) is 5.86. The summed E-state index contributed by atoms with van der Waals surface area (Å²) in [6.45, 7) is 0. The molecule has 1 heterocycles. The largest absolute Gasteiger partial charge is 0.494 e. The van der Waals surface area contributed by atoms with Crippen LogP contribution in [-0.2, 0) is 0 Å². The Bertz CT molecular complexity index is 760. The number of hydrogen-bond donors (Lipinski definition) is 2. The van der Waals surface area contributed by atoms with Gasteiger partial charge in [0.1, 0.15) is 0 Å². The average Bonchev–Trinajstić information content (AvgIpc) is 2.74. The highest BCUT2D eigenvalue weighted by Crippen LogP contribution is 2.29. The van der Waals surface area contributed by atoms with Crippen molar-refractivity contribution in [2.24, 2.45) is 5.73 Å². The summed E-state index contributed by atoms with van der Waals surface area (Å²) in [5.74, 6) is -0.146. The second kappa shape index (κ2) is 4.17. The van der Waals surface area contributed by atoms with Crippen molar-refractivity contribution in [2.75, 3.05) is 0 Å². The maximum Gasteiger partial charge on any atom is 0.326 e. The topological polar surface area (TPSA) is 68.2 Å². The fourth-order valence-electron chi connectivity index (χ4n) is 2.23. The molecule has 0 atom stereocenters. The van der Waals surface area contributed by atoms with Gasteiger partial charge in [-0.15, -0.1) is 0 Å². The van der Waals surface area contributed by atoms with Crippen LogP contribution in [0, 0.1) is 0 Å². The van der Waals surface area contributed by atoms with Crippen LogP contribution in [0.3, 0.4) is 0 Å². The Hall–Kier alpha value is -2.75. The summed E-state index contributed by atoms with van der Waals surface area (Å²) >= 11 is 0. The molecule has 0 radical (unpaired) electrons. The van der Waals surface area contributed by atoms with Crippen molar-refractivity contribution in [1.82, 2.24) is 4.57 Å². The fourth-order valence-corrected chi connectivity index (χ4v) is 2.23. The standard InChI is InChI=1S/C15H12N2O2/c16-15(19)17-13-8-11(10-4-2-1-3-5-10)6-7-12(13)9-14(17)18/h1-9,18H,(H2,16,19). The first-order chi connectivity index (χ1) is 9.16. The molecule has 0 spiro atoms. The van der Waals surface area contributed by atoms with Crippen molar-refractivity contribution in [3.05, 3.63) is 54.6 Å². The summed E-state index contributed by atoms with van der Waals surface area (Å²) in [6, 6.07) is 16.3. The molecule has 94 valence electrons. The van der Waals surface area contributed by atoms with Crippen LogP contribution in [0.25, 0.3) is 22.0 Å². The van der Waals surface area contributed by atoms with Gasteiger partial charge in [0.2, 0.25) is 0 Å². The predicted molar refractivity (Wildman–Crippen MR) is 74.0 cm³/mol. The van der Waals surface area contributed by atoms with E-state index in [2.05, 4.69) is 0 Å². The Kier molecular flexibility index (Phi) is 2.49. The highest BCUT2D eigenvalue weighted by Gasteiger charge is 2.12. The first kappa shape index (κ1) is 11.3. The van der Waals surface area contributed by atoms with E-state index in [0.717, 1.165) is 21.1 Å². The second-order valence-electron chi connectivity index (χ2n) is 4.32. The molecule has 19 heavy (non-hydrogen) atoms. The molecule has 0 unspecified atom stereocenters. The molecule has 4 nitrogen and oxygen atoms in total. The van der Waals surface area contributed by atoms with Crippen molar-refractivity contribution in [1.29, 1.82) is 0 Å². The number of carbonyl (C=O) groups is 1. The molecule has 3 N–H and O–H groups in total. The Balaban J connectivity index is 2.25. The van der Waals surface area contributed by atoms with E-state index in [-0.39, 0.29) is 5.88 Å². The van der Waals surface area contributed by atoms with Crippen LogP contribution in [0.15, 0.2) is 54.6 Å². The fraction of sp³-hybridized carbons (Fsp3) is 0. The molecular formula is C15H12N2O2. The lowest BCUT2D eigenvalue weighted by atomic mass is 10.0. The Labute approximate surface area is 109 Å². The number of benzene rings is 2. The van der Waals surface area contributed by atoms with Gasteiger partial charge in [0.05, 0.1) is 5.52 Å². The van der Waals surface area contributed by atoms with Crippen molar-refractivity contribution < 1.29 is 9.90 Å². The van der Waals surface area contributed by atoms with Gasteiger partial charge in [0.25, 0.3) is 0 Å². The number of hydrogen-bond acceptors (Lipinski definition) is 2. The normalized spacial score (nSPS) is 10.7. The monoisotopic (exact) mass is 252 g/mol. The third-order valence-electron chi connectivity index (χ3n) is 3.11. The van der Waals surface area contributed by atoms with E-state index in [1.165, 1.54) is 6.07 Å². The molecular weight excluding hydrogens is 240 g/mol. The number of aromatic hydroxyl groups is 1. The lowest BCUT2D eigenvalue weighted by Gasteiger charge is -2.04. The molecule has 2 aromatic carbocycles. The highest BCUT2D eigenvalue weighted by atomic mass is 16.3. The van der Waals surface area contributed by atoms with Crippen LogP contribution >= 0.6 is 0 Å². The number of primary amides is 1. The van der Waals surface area contributed by atoms with Gasteiger partial charge in [-0.3, -0.25) is 0 Å². The molecule has 1 amide bonds. The van der Waals surface area contributed by atoms with Gasteiger partial charge in [-0.05, 0) is 17.2 Å². The SMILES string of the molecule is NC(=O)n1c(O)cc2ccc(-c3ccccc3)cc21. The molecule has 0 aliphatic carbocycles. The minimum atomic E-state index is -0.697. The van der Waals surface area contributed by atoms with Gasteiger partial charge in [0, 0.05) is 11.5 Å². The van der Waals surface area contributed by atoms with Crippen LogP contribution in [0.5, 0.6) is 5.88 Å². The van der Waals surface area contributed by atoms with Gasteiger partial charge in [-0.1, -0.05) is 42.5 Å². The number of nitrogens with zero attached hydrogens (tertiary/aromatic N) is 1. The van der Waals surface area contributed by atoms with E-state index in [9.17, 15) is 9.90 Å². The van der Waals surface area contributed by atoms with Gasteiger partial charge >= 0.3 is 6.03 Å². The van der Waals surface area contributed by atoms with Crippen LogP contribution in [0.1, 0.15) is 0 Å². The summed E-state index contributed by atoms with van der Waals surface area (Å²) in [4.78, 5) is 11.4. The molecule has 0 fully saturated rings. The van der Waals surface area contributed by atoms with E-state index in [1.807, 2.05) is 48.5 Å². The van der Waals surface area contributed by atoms with Crippen molar-refractivity contribution in [2.45, 2.75) is 0 Å². The number of aromatic nitrogens is 1. The van der Waals surface area contributed by atoms with E-state index in [1.54, 1.807) is 0 Å². The van der Waals surface area contributed by atoms with E-state index in [0.29, 0.717) is 5.52 Å². The molecule has 0 bridgehead atoms. The quantitative estimate of drug-likeness (QED) is 0.699. The molecule has 4 heteroatoms. The predicted octanol–water partition coefficient (Wildman–Crippen LogP) is 2.94. The number of fused-ring (bicyclic) bond motifs is 1. The third-order valence-corrected chi connectivity index (χ3v) is 3.11. The second-order valence-corrected chi connectivity index (χ2v) is 4.32. The highest BCUT2D eigenvalue weighted by molar-refractivity contribution is 5.95. The zero-order valence-electron chi connectivity index (χ0n) is 10.1. The summed E-state index contributed by atoms with van der Waals surface area (Å²) in [6.07, 6.45) is 0. The molecule has 0 saturated carbocycles. The van der Waals surface area contributed by atoms with Crippen LogP contribution in [-0.4, -0.2) is 15.7 Å². The Morgan fingerprint density at radius 2 is 1.74 bits per heavy atom. The molecule has 3 aromatic rings. The van der Waals surface area contributed by atoms with E-state index >= 15 is 0 Å². The zero-order valence-corrected chi connectivity index (χ0v) is 10.1. The Morgan fingerprint density at radius 1 is 1.00 bits per heavy atom. The van der Waals surface area contributed by atoms with Gasteiger partial charge in [-0.25, -0.2) is 9.36 Å². The molecule has 0 saturated heterocycles.